The number of carbonyl (C=O) groups excluding carboxylic acids is 2. The van der Waals surface area contributed by atoms with E-state index in [9.17, 15) is 9.59 Å². The summed E-state index contributed by atoms with van der Waals surface area (Å²) in [6.45, 7) is 0.283. The SMILES string of the molecule is O=C(N/N=C/c1ccc(OCc2ccc(Cl)cc2Cl)cc1)C(=O)Nc1cccc(Cl)c1Cl. The van der Waals surface area contributed by atoms with E-state index in [-0.39, 0.29) is 22.3 Å². The zero-order chi connectivity index (χ0) is 23.1. The highest BCUT2D eigenvalue weighted by molar-refractivity contribution is 6.45. The maximum absolute atomic E-state index is 12.0. The summed E-state index contributed by atoms with van der Waals surface area (Å²) in [6.07, 6.45) is 1.39. The fourth-order valence-electron chi connectivity index (χ4n) is 2.45. The Bertz CT molecular complexity index is 1170. The zero-order valence-electron chi connectivity index (χ0n) is 16.2. The lowest BCUT2D eigenvalue weighted by atomic mass is 10.2. The molecule has 0 aromatic heterocycles. The Morgan fingerprint density at radius 1 is 0.906 bits per heavy atom. The van der Waals surface area contributed by atoms with E-state index >= 15 is 0 Å². The summed E-state index contributed by atoms with van der Waals surface area (Å²) in [6, 6.07) is 16.8. The Morgan fingerprint density at radius 2 is 1.66 bits per heavy atom. The van der Waals surface area contributed by atoms with Gasteiger partial charge in [-0.2, -0.15) is 5.10 Å². The van der Waals surface area contributed by atoms with Crippen LogP contribution < -0.4 is 15.5 Å². The van der Waals surface area contributed by atoms with Gasteiger partial charge in [-0.25, -0.2) is 5.43 Å². The minimum absolute atomic E-state index is 0.138. The molecule has 2 amide bonds. The van der Waals surface area contributed by atoms with Crippen LogP contribution in [0.15, 0.2) is 65.8 Å². The molecule has 0 fully saturated rings. The van der Waals surface area contributed by atoms with Gasteiger partial charge in [-0.3, -0.25) is 9.59 Å². The number of ether oxygens (including phenoxy) is 1. The van der Waals surface area contributed by atoms with Crippen molar-refractivity contribution in [3.05, 3.63) is 91.9 Å². The molecule has 0 radical (unpaired) electrons. The van der Waals surface area contributed by atoms with Gasteiger partial charge >= 0.3 is 11.8 Å². The second-order valence-corrected chi connectivity index (χ2v) is 7.98. The zero-order valence-corrected chi connectivity index (χ0v) is 19.3. The van der Waals surface area contributed by atoms with Crippen LogP contribution >= 0.6 is 46.4 Å². The van der Waals surface area contributed by atoms with E-state index in [1.807, 2.05) is 0 Å². The highest BCUT2D eigenvalue weighted by Gasteiger charge is 2.15. The standard InChI is InChI=1S/C22H15Cl4N3O3/c23-15-7-6-14(18(25)10-15)12-32-16-8-4-13(5-9-16)11-27-29-22(31)21(30)28-19-3-1-2-17(24)20(19)26/h1-11H,12H2,(H,28,30)(H,29,31)/b27-11+. The summed E-state index contributed by atoms with van der Waals surface area (Å²) in [5.74, 6) is -1.28. The quantitative estimate of drug-likeness (QED) is 0.243. The molecule has 0 aliphatic rings. The molecule has 0 aliphatic carbocycles. The van der Waals surface area contributed by atoms with E-state index < -0.39 is 11.8 Å². The third kappa shape index (κ3) is 6.61. The molecule has 0 bridgehead atoms. The molecule has 0 aliphatic heterocycles. The number of amides is 2. The van der Waals surface area contributed by atoms with Crippen LogP contribution in [0.2, 0.25) is 20.1 Å². The summed E-state index contributed by atoms with van der Waals surface area (Å²) in [5, 5.41) is 7.62. The van der Waals surface area contributed by atoms with Crippen molar-refractivity contribution in [2.24, 2.45) is 5.10 Å². The molecule has 10 heteroatoms. The normalized spacial score (nSPS) is 10.8. The van der Waals surface area contributed by atoms with Gasteiger partial charge in [-0.05, 0) is 54.1 Å². The third-order valence-electron chi connectivity index (χ3n) is 4.08. The number of hydrazone groups is 1. The monoisotopic (exact) mass is 509 g/mol. The molecule has 164 valence electrons. The van der Waals surface area contributed by atoms with Gasteiger partial charge in [0.2, 0.25) is 0 Å². The first-order valence-electron chi connectivity index (χ1n) is 9.08. The molecule has 0 heterocycles. The van der Waals surface area contributed by atoms with Crippen molar-refractivity contribution in [2.45, 2.75) is 6.61 Å². The van der Waals surface area contributed by atoms with Gasteiger partial charge in [0.15, 0.2) is 0 Å². The van der Waals surface area contributed by atoms with Crippen molar-refractivity contribution in [1.29, 1.82) is 0 Å². The number of nitrogens with one attached hydrogen (secondary N) is 2. The molecular formula is C22H15Cl4N3O3. The molecule has 6 nitrogen and oxygen atoms in total. The Balaban J connectivity index is 1.50. The molecule has 3 aromatic rings. The van der Waals surface area contributed by atoms with E-state index in [0.29, 0.717) is 21.4 Å². The number of hydrogen-bond donors (Lipinski definition) is 2. The molecule has 3 aromatic carbocycles. The van der Waals surface area contributed by atoms with Crippen LogP contribution in [0.25, 0.3) is 0 Å². The van der Waals surface area contributed by atoms with Gasteiger partial charge in [0, 0.05) is 15.6 Å². The van der Waals surface area contributed by atoms with Crippen LogP contribution in [0, 0.1) is 0 Å². The number of hydrogen-bond acceptors (Lipinski definition) is 4. The van der Waals surface area contributed by atoms with Crippen molar-refractivity contribution in [3.63, 3.8) is 0 Å². The number of halogens is 4. The highest BCUT2D eigenvalue weighted by atomic mass is 35.5. The number of nitrogens with zero attached hydrogens (tertiary/aromatic N) is 1. The minimum Gasteiger partial charge on any atom is -0.489 e. The second-order valence-electron chi connectivity index (χ2n) is 6.35. The van der Waals surface area contributed by atoms with Gasteiger partial charge in [-0.15, -0.1) is 0 Å². The Morgan fingerprint density at radius 3 is 2.38 bits per heavy atom. The largest absolute Gasteiger partial charge is 0.489 e. The van der Waals surface area contributed by atoms with Crippen LogP contribution in [-0.2, 0) is 16.2 Å². The van der Waals surface area contributed by atoms with Gasteiger partial charge in [0.1, 0.15) is 12.4 Å². The van der Waals surface area contributed by atoms with E-state index in [4.69, 9.17) is 51.1 Å². The first-order valence-corrected chi connectivity index (χ1v) is 10.6. The van der Waals surface area contributed by atoms with Gasteiger partial charge in [-0.1, -0.05) is 58.5 Å². The second kappa shape index (κ2) is 11.2. The molecule has 0 spiro atoms. The van der Waals surface area contributed by atoms with Crippen molar-refractivity contribution in [2.75, 3.05) is 5.32 Å². The summed E-state index contributed by atoms with van der Waals surface area (Å²) in [7, 11) is 0. The number of rotatable bonds is 6. The van der Waals surface area contributed by atoms with Gasteiger partial charge < -0.3 is 10.1 Å². The van der Waals surface area contributed by atoms with E-state index in [1.165, 1.54) is 12.3 Å². The summed E-state index contributed by atoms with van der Waals surface area (Å²) >= 11 is 23.9. The summed E-state index contributed by atoms with van der Waals surface area (Å²) < 4.78 is 5.70. The van der Waals surface area contributed by atoms with E-state index in [1.54, 1.807) is 54.6 Å². The third-order valence-corrected chi connectivity index (χ3v) is 5.48. The molecular weight excluding hydrogens is 496 g/mol. The maximum Gasteiger partial charge on any atom is 0.329 e. The minimum atomic E-state index is -0.961. The maximum atomic E-state index is 12.0. The first-order chi connectivity index (χ1) is 15.3. The van der Waals surface area contributed by atoms with Gasteiger partial charge in [0.05, 0.1) is 21.9 Å². The van der Waals surface area contributed by atoms with Crippen LogP contribution in [-0.4, -0.2) is 18.0 Å². The Hall–Kier alpha value is -2.77. The van der Waals surface area contributed by atoms with Crippen molar-refractivity contribution in [3.8, 4) is 5.75 Å². The molecule has 0 saturated carbocycles. The smallest absolute Gasteiger partial charge is 0.329 e. The van der Waals surface area contributed by atoms with Crippen LogP contribution in [0.5, 0.6) is 5.75 Å². The summed E-state index contributed by atoms with van der Waals surface area (Å²) in [4.78, 5) is 23.9. The Labute approximate surface area is 204 Å². The van der Waals surface area contributed by atoms with Crippen LogP contribution in [0.3, 0.4) is 0 Å². The fraction of sp³-hybridized carbons (Fsp3) is 0.0455. The average molecular weight is 511 g/mol. The van der Waals surface area contributed by atoms with Crippen molar-refractivity contribution >= 4 is 70.1 Å². The highest BCUT2D eigenvalue weighted by Crippen LogP contribution is 2.29. The molecule has 0 unspecified atom stereocenters. The number of anilines is 1. The van der Waals surface area contributed by atoms with Crippen molar-refractivity contribution in [1.82, 2.24) is 5.43 Å². The lowest BCUT2D eigenvalue weighted by Gasteiger charge is -2.08. The number of carbonyl (C=O) groups is 2. The fourth-order valence-corrected chi connectivity index (χ4v) is 3.26. The average Bonchev–Trinajstić information content (AvgIpc) is 2.77. The molecule has 0 atom stereocenters. The van der Waals surface area contributed by atoms with E-state index in [2.05, 4.69) is 15.8 Å². The molecule has 2 N–H and O–H groups in total. The lowest BCUT2D eigenvalue weighted by Crippen LogP contribution is -2.32. The molecule has 32 heavy (non-hydrogen) atoms. The molecule has 0 saturated heterocycles. The van der Waals surface area contributed by atoms with Crippen LogP contribution in [0.1, 0.15) is 11.1 Å². The predicted molar refractivity (Wildman–Crippen MR) is 128 cm³/mol. The van der Waals surface area contributed by atoms with Gasteiger partial charge in [0.25, 0.3) is 0 Å². The molecule has 3 rings (SSSR count). The topological polar surface area (TPSA) is 79.8 Å². The van der Waals surface area contributed by atoms with Crippen LogP contribution in [0.4, 0.5) is 5.69 Å². The predicted octanol–water partition coefficient (Wildman–Crippen LogP) is 5.97. The van der Waals surface area contributed by atoms with E-state index in [0.717, 1.165) is 5.56 Å². The summed E-state index contributed by atoms with van der Waals surface area (Å²) in [5.41, 5.74) is 3.85. The van der Waals surface area contributed by atoms with Crippen molar-refractivity contribution < 1.29 is 14.3 Å². The number of benzene rings is 3. The lowest BCUT2D eigenvalue weighted by molar-refractivity contribution is -0.136. The Kier molecular flexibility index (Phi) is 8.36. The first kappa shape index (κ1) is 23.9.